The summed E-state index contributed by atoms with van der Waals surface area (Å²) in [4.78, 5) is 12.3. The molecule has 0 spiro atoms. The van der Waals surface area contributed by atoms with Crippen molar-refractivity contribution in [2.24, 2.45) is 0 Å². The summed E-state index contributed by atoms with van der Waals surface area (Å²) in [5.41, 5.74) is 3.00. The molecule has 4 heteroatoms. The molecule has 0 saturated heterocycles. The smallest absolute Gasteiger partial charge is 0.252 e. The molecule has 108 valence electrons. The van der Waals surface area contributed by atoms with Gasteiger partial charge in [-0.15, -0.1) is 0 Å². The van der Waals surface area contributed by atoms with E-state index < -0.39 is 0 Å². The zero-order chi connectivity index (χ0) is 15.0. The van der Waals surface area contributed by atoms with Gasteiger partial charge in [-0.25, -0.2) is 0 Å². The van der Waals surface area contributed by atoms with Crippen LogP contribution in [0, 0.1) is 6.92 Å². The van der Waals surface area contributed by atoms with Crippen LogP contribution < -0.4 is 5.32 Å². The molecule has 0 radical (unpaired) electrons. The first-order valence-electron chi connectivity index (χ1n) is 6.87. The Kier molecular flexibility index (Phi) is 4.05. The number of hydrogen-bond acceptors (Lipinski definition) is 1. The van der Waals surface area contributed by atoms with Gasteiger partial charge in [0.2, 0.25) is 0 Å². The Bertz CT molecular complexity index is 684. The van der Waals surface area contributed by atoms with Gasteiger partial charge >= 0.3 is 0 Å². The second-order valence-electron chi connectivity index (χ2n) is 5.46. The highest BCUT2D eigenvalue weighted by atomic mass is 79.9. The van der Waals surface area contributed by atoms with E-state index >= 15 is 0 Å². The van der Waals surface area contributed by atoms with Crippen LogP contribution in [0.2, 0.25) is 5.02 Å². The summed E-state index contributed by atoms with van der Waals surface area (Å²) in [6, 6.07) is 13.9. The number of aryl methyl sites for hydroxylation is 1. The lowest BCUT2D eigenvalue weighted by Crippen LogP contribution is -2.27. The molecule has 21 heavy (non-hydrogen) atoms. The van der Waals surface area contributed by atoms with Crippen molar-refractivity contribution >= 4 is 33.4 Å². The van der Waals surface area contributed by atoms with E-state index in [0.29, 0.717) is 11.5 Å². The van der Waals surface area contributed by atoms with E-state index in [-0.39, 0.29) is 11.9 Å². The highest BCUT2D eigenvalue weighted by Gasteiger charge is 2.39. The Balaban J connectivity index is 1.67. The molecule has 2 atom stereocenters. The number of halogens is 2. The number of benzene rings is 2. The standard InChI is InChI=1S/C17H15BrClNO/c1-10-2-7-15(18)14(8-10)17(21)20-16-9-13(16)11-3-5-12(19)6-4-11/h2-8,13,16H,9H2,1H3,(H,20,21)/t13-,16+/m0/s1. The van der Waals surface area contributed by atoms with Crippen molar-refractivity contribution in [2.75, 3.05) is 0 Å². The molecule has 1 aliphatic rings. The quantitative estimate of drug-likeness (QED) is 0.840. The maximum Gasteiger partial charge on any atom is 0.252 e. The summed E-state index contributed by atoms with van der Waals surface area (Å²) in [7, 11) is 0. The Hall–Kier alpha value is -1.32. The van der Waals surface area contributed by atoms with E-state index in [0.717, 1.165) is 21.5 Å². The van der Waals surface area contributed by atoms with Crippen molar-refractivity contribution in [2.45, 2.75) is 25.3 Å². The van der Waals surface area contributed by atoms with Gasteiger partial charge in [-0.1, -0.05) is 35.4 Å². The Morgan fingerprint density at radius 1 is 1.24 bits per heavy atom. The lowest BCUT2D eigenvalue weighted by Gasteiger charge is -2.08. The Labute approximate surface area is 137 Å². The van der Waals surface area contributed by atoms with Crippen molar-refractivity contribution in [3.63, 3.8) is 0 Å². The second kappa shape index (κ2) is 5.82. The molecular formula is C17H15BrClNO. The van der Waals surface area contributed by atoms with Crippen LogP contribution in [0.25, 0.3) is 0 Å². The van der Waals surface area contributed by atoms with E-state index in [9.17, 15) is 4.79 Å². The summed E-state index contributed by atoms with van der Waals surface area (Å²) in [5.74, 6) is 0.377. The van der Waals surface area contributed by atoms with Crippen molar-refractivity contribution in [1.82, 2.24) is 5.32 Å². The van der Waals surface area contributed by atoms with E-state index in [1.807, 2.05) is 49.4 Å². The van der Waals surface area contributed by atoms with Crippen LogP contribution in [-0.4, -0.2) is 11.9 Å². The summed E-state index contributed by atoms with van der Waals surface area (Å²) in [6.07, 6.45) is 0.983. The molecule has 2 aromatic carbocycles. The first kappa shape index (κ1) is 14.6. The highest BCUT2D eigenvalue weighted by Crippen LogP contribution is 2.41. The Morgan fingerprint density at radius 3 is 2.67 bits per heavy atom. The van der Waals surface area contributed by atoms with Crippen LogP contribution in [0.15, 0.2) is 46.9 Å². The predicted molar refractivity (Wildman–Crippen MR) is 88.9 cm³/mol. The molecular weight excluding hydrogens is 350 g/mol. The van der Waals surface area contributed by atoms with Gasteiger partial charge in [-0.2, -0.15) is 0 Å². The third-order valence-electron chi connectivity index (χ3n) is 3.77. The van der Waals surface area contributed by atoms with Gasteiger partial charge in [-0.3, -0.25) is 4.79 Å². The van der Waals surface area contributed by atoms with Gasteiger partial charge in [0, 0.05) is 21.5 Å². The van der Waals surface area contributed by atoms with E-state index in [4.69, 9.17) is 11.6 Å². The van der Waals surface area contributed by atoms with Gasteiger partial charge in [0.25, 0.3) is 5.91 Å². The summed E-state index contributed by atoms with van der Waals surface area (Å²) in [6.45, 7) is 1.98. The maximum absolute atomic E-state index is 12.3. The molecule has 1 N–H and O–H groups in total. The minimum atomic E-state index is -0.0213. The largest absolute Gasteiger partial charge is 0.349 e. The average molecular weight is 365 g/mol. The third kappa shape index (κ3) is 3.30. The second-order valence-corrected chi connectivity index (χ2v) is 6.75. The van der Waals surface area contributed by atoms with Crippen molar-refractivity contribution in [3.05, 3.63) is 68.7 Å². The van der Waals surface area contributed by atoms with Crippen molar-refractivity contribution < 1.29 is 4.79 Å². The fourth-order valence-corrected chi connectivity index (χ4v) is 3.04. The van der Waals surface area contributed by atoms with Gasteiger partial charge in [0.15, 0.2) is 0 Å². The normalized spacial score (nSPS) is 20.1. The van der Waals surface area contributed by atoms with Crippen LogP contribution in [0.1, 0.15) is 33.8 Å². The monoisotopic (exact) mass is 363 g/mol. The van der Waals surface area contributed by atoms with Gasteiger partial charge in [0.05, 0.1) is 5.56 Å². The van der Waals surface area contributed by atoms with Crippen molar-refractivity contribution in [1.29, 1.82) is 0 Å². The lowest BCUT2D eigenvalue weighted by atomic mass is 10.1. The molecule has 1 fully saturated rings. The number of carbonyl (C=O) groups excluding carboxylic acids is 1. The SMILES string of the molecule is Cc1ccc(Br)c(C(=O)N[C@@H]2C[C@H]2c2ccc(Cl)cc2)c1. The summed E-state index contributed by atoms with van der Waals surface area (Å²) in [5, 5.41) is 3.84. The highest BCUT2D eigenvalue weighted by molar-refractivity contribution is 9.10. The minimum absolute atomic E-state index is 0.0213. The molecule has 1 amide bonds. The van der Waals surface area contributed by atoms with Crippen LogP contribution in [-0.2, 0) is 0 Å². The average Bonchev–Trinajstić information content (AvgIpc) is 3.21. The zero-order valence-electron chi connectivity index (χ0n) is 11.6. The molecule has 2 aromatic rings. The lowest BCUT2D eigenvalue weighted by molar-refractivity contribution is 0.0949. The fraction of sp³-hybridized carbons (Fsp3) is 0.235. The van der Waals surface area contributed by atoms with Crippen LogP contribution in [0.3, 0.4) is 0 Å². The van der Waals surface area contributed by atoms with Crippen LogP contribution >= 0.6 is 27.5 Å². The summed E-state index contributed by atoms with van der Waals surface area (Å²) < 4.78 is 0.828. The minimum Gasteiger partial charge on any atom is -0.349 e. The molecule has 2 nitrogen and oxygen atoms in total. The molecule has 0 heterocycles. The van der Waals surface area contributed by atoms with E-state index in [1.54, 1.807) is 0 Å². The Morgan fingerprint density at radius 2 is 1.95 bits per heavy atom. The van der Waals surface area contributed by atoms with Crippen LogP contribution in [0.5, 0.6) is 0 Å². The first-order chi connectivity index (χ1) is 10.0. The van der Waals surface area contributed by atoms with E-state index in [1.165, 1.54) is 5.56 Å². The summed E-state index contributed by atoms with van der Waals surface area (Å²) >= 11 is 9.33. The fourth-order valence-electron chi connectivity index (χ4n) is 2.49. The first-order valence-corrected chi connectivity index (χ1v) is 8.04. The molecule has 0 aliphatic heterocycles. The number of amides is 1. The van der Waals surface area contributed by atoms with Gasteiger partial charge < -0.3 is 5.32 Å². The predicted octanol–water partition coefficient (Wildman–Crippen LogP) is 4.70. The maximum atomic E-state index is 12.3. The number of rotatable bonds is 3. The number of hydrogen-bond donors (Lipinski definition) is 1. The molecule has 1 saturated carbocycles. The van der Waals surface area contributed by atoms with Crippen LogP contribution in [0.4, 0.5) is 0 Å². The molecule has 1 aliphatic carbocycles. The topological polar surface area (TPSA) is 29.1 Å². The third-order valence-corrected chi connectivity index (χ3v) is 4.72. The molecule has 3 rings (SSSR count). The number of nitrogens with one attached hydrogen (secondary N) is 1. The van der Waals surface area contributed by atoms with Gasteiger partial charge in [-0.05, 0) is 59.1 Å². The van der Waals surface area contributed by atoms with Gasteiger partial charge in [0.1, 0.15) is 0 Å². The molecule has 0 unspecified atom stereocenters. The number of carbonyl (C=O) groups is 1. The van der Waals surface area contributed by atoms with E-state index in [2.05, 4.69) is 21.2 Å². The zero-order valence-corrected chi connectivity index (χ0v) is 13.9. The van der Waals surface area contributed by atoms with Crippen molar-refractivity contribution in [3.8, 4) is 0 Å². The molecule has 0 aromatic heterocycles. The molecule has 0 bridgehead atoms.